The number of rotatable bonds is 11. The number of fused-ring (bicyclic) bond motifs is 16. The monoisotopic (exact) mass is 1850 g/mol. The Morgan fingerprint density at radius 2 is 0.955 bits per heavy atom. The van der Waals surface area contributed by atoms with Gasteiger partial charge in [0.25, 0.3) is 29.2 Å². The van der Waals surface area contributed by atoms with Gasteiger partial charge in [0.1, 0.15) is 56.7 Å². The molecule has 2 N–H and O–H groups in total. The van der Waals surface area contributed by atoms with Gasteiger partial charge in [-0.3, -0.25) is 42.6 Å². The number of nitriles is 1. The molecule has 4 amide bonds. The Morgan fingerprint density at radius 3 is 1.46 bits per heavy atom. The molecule has 0 radical (unpaired) electrons. The van der Waals surface area contributed by atoms with Crippen LogP contribution in [0.25, 0.3) is 28.3 Å². The van der Waals surface area contributed by atoms with E-state index in [1.807, 2.05) is 140 Å². The molecule has 4 spiro atoms. The number of esters is 1. The lowest BCUT2D eigenvalue weighted by Gasteiger charge is -2.45. The van der Waals surface area contributed by atoms with Gasteiger partial charge < -0.3 is 67.4 Å². The highest BCUT2D eigenvalue weighted by molar-refractivity contribution is 7.92. The number of piperidine rings is 4. The summed E-state index contributed by atoms with van der Waals surface area (Å²) in [5.74, 6) is 2.74. The van der Waals surface area contributed by atoms with Crippen LogP contribution < -0.4 is 29.2 Å². The summed E-state index contributed by atoms with van der Waals surface area (Å²) >= 11 is 0. The number of methoxy groups -OCH3 is 2. The number of aliphatic hydroxyl groups excluding tert-OH is 1. The molecule has 31 heteroatoms. The van der Waals surface area contributed by atoms with E-state index in [0.29, 0.717) is 160 Å². The smallest absolute Gasteiger partial charge is 0.315 e. The Kier molecular flexibility index (Phi) is 24.3. The fourth-order valence-electron chi connectivity index (χ4n) is 19.5. The highest BCUT2D eigenvalue weighted by Gasteiger charge is 2.51. The average molecular weight is 1860 g/mol. The summed E-state index contributed by atoms with van der Waals surface area (Å²) in [6, 6.07) is 65.9. The van der Waals surface area contributed by atoms with E-state index in [4.69, 9.17) is 28.4 Å². The number of likely N-dealkylation sites (tertiary alicyclic amines) is 4. The Labute approximate surface area is 780 Å². The molecule has 698 valence electrons. The number of amides is 4. The van der Waals surface area contributed by atoms with Crippen LogP contribution in [-0.4, -0.2) is 188 Å². The summed E-state index contributed by atoms with van der Waals surface area (Å²) < 4.78 is 95.5. The van der Waals surface area contributed by atoms with Crippen LogP contribution >= 0.6 is 0 Å². The van der Waals surface area contributed by atoms with Crippen LogP contribution in [0, 0.1) is 11.3 Å². The largest absolute Gasteiger partial charge is 0.496 e. The lowest BCUT2D eigenvalue weighted by Crippen LogP contribution is -2.50. The van der Waals surface area contributed by atoms with Crippen LogP contribution in [-0.2, 0) is 76.7 Å². The van der Waals surface area contributed by atoms with E-state index in [-0.39, 0.29) is 47.9 Å². The Morgan fingerprint density at radius 1 is 0.507 bits per heavy atom. The SMILES string of the molecule is CC(C)(C)S(=O)(=O)c1ccc(C(=O)N2CCC3(CC2)Oc2ccccc2-n2c3ccc2S(C)(=O)=O)cc1.COC(=O)C(C)(C)c1ccc(C(=O)N2CCC3(CC2)Oc2ccccc2-c2c3cnn2C)cc1OC.C[C@@](O)(CO)c1ccc(C(=O)N2CCC3(CC2)Oc2ccccc2-n2c(C#N)ccc23)cc1.Cn1ccc(C(=O)N2CCC3(CC2)Oc2ccccc2-n2cccc23)cc1=O.[HH].[HH]. The molecule has 12 aromatic rings. The van der Waals surface area contributed by atoms with Gasteiger partial charge in [-0.25, -0.2) is 16.8 Å². The van der Waals surface area contributed by atoms with E-state index in [2.05, 4.69) is 40.1 Å². The average Bonchev–Trinajstić information content (AvgIpc) is 1.56. The molecule has 20 rings (SSSR count). The van der Waals surface area contributed by atoms with Crippen LogP contribution in [0.15, 0.2) is 246 Å². The number of carbonyl (C=O) groups excluding carboxylic acids is 5. The fourth-order valence-corrected chi connectivity index (χ4v) is 21.6. The molecule has 13 heterocycles. The van der Waals surface area contributed by atoms with Gasteiger partial charge in [0.05, 0.1) is 81.9 Å². The van der Waals surface area contributed by atoms with Gasteiger partial charge in [-0.15, -0.1) is 0 Å². The molecular weight excluding hydrogens is 1740 g/mol. The lowest BCUT2D eigenvalue weighted by molar-refractivity contribution is -0.146. The zero-order chi connectivity index (χ0) is 95.0. The minimum absolute atomic E-state index is 0. The summed E-state index contributed by atoms with van der Waals surface area (Å²) in [5, 5.41) is 33.9. The summed E-state index contributed by atoms with van der Waals surface area (Å²) in [4.78, 5) is 84.3. The molecule has 0 saturated carbocycles. The molecule has 134 heavy (non-hydrogen) atoms. The van der Waals surface area contributed by atoms with Gasteiger partial charge in [0.2, 0.25) is 0 Å². The Hall–Kier alpha value is -13.8. The number of carbonyl (C=O) groups is 5. The Balaban J connectivity index is 0.000000138. The summed E-state index contributed by atoms with van der Waals surface area (Å²) in [7, 11) is -0.469. The maximum absolute atomic E-state index is 13.5. The maximum atomic E-state index is 13.5. The molecule has 7 aromatic carbocycles. The van der Waals surface area contributed by atoms with Crippen LogP contribution in [0.4, 0.5) is 0 Å². The molecule has 0 bridgehead atoms. The lowest BCUT2D eigenvalue weighted by atomic mass is 9.80. The van der Waals surface area contributed by atoms with Crippen LogP contribution in [0.2, 0.25) is 0 Å². The minimum Gasteiger partial charge on any atom is -0.496 e. The third-order valence-electron chi connectivity index (χ3n) is 27.4. The first-order valence-electron chi connectivity index (χ1n) is 44.7. The number of sulfone groups is 2. The van der Waals surface area contributed by atoms with Crippen molar-refractivity contribution >= 4 is 49.3 Å². The van der Waals surface area contributed by atoms with Crippen molar-refractivity contribution < 1.29 is 82.3 Å². The minimum atomic E-state index is -3.51. The second-order valence-corrected chi connectivity index (χ2v) is 41.7. The number of nitrogens with zero attached hydrogens (tertiary/aromatic N) is 11. The number of ether oxygens (including phenoxy) is 6. The number of pyridine rings is 1. The number of benzene rings is 7. The van der Waals surface area contributed by atoms with Gasteiger partial charge in [0, 0.05) is 184 Å². The number of para-hydroxylation sites is 7. The van der Waals surface area contributed by atoms with E-state index in [0.717, 1.165) is 62.5 Å². The molecule has 4 saturated heterocycles. The second kappa shape index (κ2) is 35.3. The molecule has 4 fully saturated rings. The van der Waals surface area contributed by atoms with Gasteiger partial charge in [-0.2, -0.15) is 10.4 Å². The number of hydrogen-bond acceptors (Lipinski definition) is 20. The van der Waals surface area contributed by atoms with E-state index in [1.54, 1.807) is 130 Å². The molecule has 8 aliphatic heterocycles. The first-order chi connectivity index (χ1) is 63.9. The van der Waals surface area contributed by atoms with Crippen LogP contribution in [0.5, 0.6) is 28.7 Å². The van der Waals surface area contributed by atoms with Gasteiger partial charge in [-0.05, 0) is 187 Å². The second-order valence-electron chi connectivity index (χ2n) is 37.0. The molecule has 5 aromatic heterocycles. The first-order valence-corrected chi connectivity index (χ1v) is 48.1. The molecule has 0 aliphatic carbocycles. The van der Waals surface area contributed by atoms with Gasteiger partial charge in [-0.1, -0.05) is 66.7 Å². The molecule has 8 aliphatic rings. The molecular formula is C103H111N11O18S2. The van der Waals surface area contributed by atoms with Crippen LogP contribution in [0.3, 0.4) is 0 Å². The van der Waals surface area contributed by atoms with E-state index < -0.39 is 64.4 Å². The van der Waals surface area contributed by atoms with E-state index in [9.17, 15) is 61.1 Å². The summed E-state index contributed by atoms with van der Waals surface area (Å²) in [6.45, 7) is 13.7. The maximum Gasteiger partial charge on any atom is 0.315 e. The highest BCUT2D eigenvalue weighted by atomic mass is 32.2. The van der Waals surface area contributed by atoms with Crippen molar-refractivity contribution in [3.8, 4) is 63.1 Å². The fraction of sp³-hybridized carbons (Fsp3) is 0.340. The van der Waals surface area contributed by atoms with Crippen molar-refractivity contribution in [3.05, 3.63) is 303 Å². The number of aliphatic hydroxyl groups is 2. The quantitative estimate of drug-likeness (QED) is 0.114. The first kappa shape index (κ1) is 92.1. The van der Waals surface area contributed by atoms with Gasteiger partial charge in [0.15, 0.2) is 36.5 Å². The summed E-state index contributed by atoms with van der Waals surface area (Å²) in [6.07, 6.45) is 11.7. The summed E-state index contributed by atoms with van der Waals surface area (Å²) in [5.41, 5.74) is 7.59. The number of aryl methyl sites for hydroxylation is 2. The van der Waals surface area contributed by atoms with Crippen molar-refractivity contribution in [1.82, 2.24) is 47.6 Å². The molecule has 29 nitrogen and oxygen atoms in total. The standard InChI is InChI=1S/C28H31N3O5.C27H30N2O6S2.C26H25N3O4.C22H21N3O3.2H2/c1-27(2,26(33)35-5)20-11-10-18(16-23(20)34-4)25(32)31-14-12-28(13-15-31)21-17-29-30(3)24(21)19-8-6-7-9-22(19)36-28;1-26(2,3)37(33,34)20-11-9-19(10-12-20)25(30)28-17-15-27(16-18-28)23-13-14-24(36(4,31)32)29(23)21-7-5-6-8-22(21)35-27;1-25(32,17-30)19-8-6-18(7-9-19)24(31)28-14-12-26(13-15-28)23-11-10-20(16-27)29(23)21-4-2-3-5-22(21)33-26;1-23-12-8-16(15-20(23)26)21(27)24-13-9-22(10-14-24)19-7-4-11-25(19)17-5-2-3-6-18(17)28-22;;/h6-11,16-17H,12-15H2,1-5H3;5-14H,15-18H2,1-4H3;2-11,30,32H,12-15,17H2,1H3;2-8,11-12,15H,9-10,13-14H2,1H3;2*1H/t;;25-;;;/m..1.../s1. The number of aromatic nitrogens is 6. The number of hydrogen-bond donors (Lipinski definition) is 2. The zero-order valence-corrected chi connectivity index (χ0v) is 78.3. The Bertz CT molecular complexity index is 6950. The molecule has 1 atom stereocenters. The normalized spacial score (nSPS) is 17.0. The zero-order valence-electron chi connectivity index (χ0n) is 76.6. The van der Waals surface area contributed by atoms with Crippen molar-refractivity contribution in [2.24, 2.45) is 14.1 Å². The van der Waals surface area contributed by atoms with Crippen molar-refractivity contribution in [3.63, 3.8) is 0 Å². The predicted molar refractivity (Wildman–Crippen MR) is 504 cm³/mol. The predicted octanol–water partition coefficient (Wildman–Crippen LogP) is 14.3. The van der Waals surface area contributed by atoms with E-state index in [1.165, 1.54) is 50.2 Å². The van der Waals surface area contributed by atoms with Crippen LogP contribution in [0.1, 0.15) is 177 Å². The highest BCUT2D eigenvalue weighted by Crippen LogP contribution is 2.53. The van der Waals surface area contributed by atoms with Crippen molar-refractivity contribution in [2.45, 2.75) is 141 Å². The van der Waals surface area contributed by atoms with Crippen molar-refractivity contribution in [2.75, 3.05) is 79.4 Å². The topological polar surface area (TPSA) is 341 Å². The van der Waals surface area contributed by atoms with Crippen molar-refractivity contribution in [1.29, 1.82) is 5.26 Å². The molecule has 0 unspecified atom stereocenters. The third-order valence-corrected chi connectivity index (χ3v) is 31.0. The third kappa shape index (κ3) is 16.6. The van der Waals surface area contributed by atoms with Gasteiger partial charge >= 0.3 is 5.97 Å². The van der Waals surface area contributed by atoms with E-state index >= 15 is 0 Å².